The van der Waals surface area contributed by atoms with Crippen molar-refractivity contribution in [3.05, 3.63) is 28.8 Å². The summed E-state index contributed by atoms with van der Waals surface area (Å²) in [6.07, 6.45) is -2.92. The van der Waals surface area contributed by atoms with Gasteiger partial charge in [0.25, 0.3) is 6.43 Å². The number of hydrogen-bond acceptors (Lipinski definition) is 2. The smallest absolute Gasteiger partial charge is 0.308 e. The van der Waals surface area contributed by atoms with E-state index in [2.05, 4.69) is 4.98 Å². The lowest BCUT2D eigenvalue weighted by atomic mass is 10.0. The van der Waals surface area contributed by atoms with Gasteiger partial charge in [0.1, 0.15) is 0 Å². The van der Waals surface area contributed by atoms with Crippen molar-refractivity contribution < 1.29 is 23.1 Å². The molecule has 88 valence electrons. The highest BCUT2D eigenvalue weighted by Gasteiger charge is 2.21. The van der Waals surface area contributed by atoms with Gasteiger partial charge in [-0.2, -0.15) is 4.39 Å². The summed E-state index contributed by atoms with van der Waals surface area (Å²) in [6, 6.07) is 0. The minimum atomic E-state index is -2.87. The molecule has 0 aromatic carbocycles. The summed E-state index contributed by atoms with van der Waals surface area (Å²) in [6.45, 7) is 0. The minimum Gasteiger partial charge on any atom is -0.481 e. The van der Waals surface area contributed by atoms with E-state index in [9.17, 15) is 18.0 Å². The number of aliphatic carboxylic acids is 1. The van der Waals surface area contributed by atoms with Crippen LogP contribution < -0.4 is 0 Å². The standard InChI is InChI=1S/C9H7ClF3NO2/c10-2-5-4(1-7(15)16)9(13)14-3-6(5)8(11)12/h3,8H,1-2H2,(H,15,16). The number of aromatic nitrogens is 1. The predicted molar refractivity (Wildman–Crippen MR) is 50.0 cm³/mol. The number of nitrogens with zero attached hydrogens (tertiary/aromatic N) is 1. The van der Waals surface area contributed by atoms with Crippen LogP contribution in [-0.2, 0) is 17.1 Å². The first-order chi connectivity index (χ1) is 7.47. The highest BCUT2D eigenvalue weighted by molar-refractivity contribution is 6.17. The lowest BCUT2D eigenvalue weighted by Gasteiger charge is -2.10. The second kappa shape index (κ2) is 5.16. The van der Waals surface area contributed by atoms with E-state index in [1.807, 2.05) is 0 Å². The fourth-order valence-corrected chi connectivity index (χ4v) is 1.57. The number of carbonyl (C=O) groups is 1. The molecular weight excluding hydrogens is 247 g/mol. The van der Waals surface area contributed by atoms with Gasteiger partial charge in [-0.05, 0) is 5.56 Å². The van der Waals surface area contributed by atoms with Gasteiger partial charge in [0.2, 0.25) is 5.95 Å². The number of alkyl halides is 3. The van der Waals surface area contributed by atoms with E-state index in [0.717, 1.165) is 0 Å². The summed E-state index contributed by atoms with van der Waals surface area (Å²) in [4.78, 5) is 13.5. The summed E-state index contributed by atoms with van der Waals surface area (Å²) >= 11 is 5.42. The normalized spacial score (nSPS) is 10.8. The van der Waals surface area contributed by atoms with E-state index in [1.165, 1.54) is 0 Å². The largest absolute Gasteiger partial charge is 0.481 e. The summed E-state index contributed by atoms with van der Waals surface area (Å²) in [5.74, 6) is -2.80. The molecule has 0 aliphatic rings. The van der Waals surface area contributed by atoms with Crippen LogP contribution >= 0.6 is 11.6 Å². The monoisotopic (exact) mass is 253 g/mol. The minimum absolute atomic E-state index is 0.202. The molecule has 0 aliphatic carbocycles. The molecule has 0 aliphatic heterocycles. The number of rotatable bonds is 4. The Hall–Kier alpha value is -1.30. The van der Waals surface area contributed by atoms with Crippen LogP contribution in [0.3, 0.4) is 0 Å². The molecule has 1 aromatic heterocycles. The second-order valence-electron chi connectivity index (χ2n) is 2.97. The van der Waals surface area contributed by atoms with Gasteiger partial charge in [-0.3, -0.25) is 4.79 Å². The molecule has 0 amide bonds. The van der Waals surface area contributed by atoms with Gasteiger partial charge >= 0.3 is 5.97 Å². The van der Waals surface area contributed by atoms with Gasteiger partial charge in [0.05, 0.1) is 6.42 Å². The van der Waals surface area contributed by atoms with Crippen molar-refractivity contribution in [1.29, 1.82) is 0 Å². The molecule has 7 heteroatoms. The van der Waals surface area contributed by atoms with E-state index in [4.69, 9.17) is 16.7 Å². The molecule has 1 heterocycles. The second-order valence-corrected chi connectivity index (χ2v) is 3.23. The van der Waals surface area contributed by atoms with Crippen molar-refractivity contribution in [2.45, 2.75) is 18.7 Å². The topological polar surface area (TPSA) is 50.2 Å². The zero-order valence-corrected chi connectivity index (χ0v) is 8.64. The SMILES string of the molecule is O=C(O)Cc1c(F)ncc(C(F)F)c1CCl. The molecule has 1 rings (SSSR count). The van der Waals surface area contributed by atoms with Crippen molar-refractivity contribution in [2.75, 3.05) is 0 Å². The molecule has 0 atom stereocenters. The third-order valence-corrected chi connectivity index (χ3v) is 2.24. The molecule has 0 saturated carbocycles. The Morgan fingerprint density at radius 3 is 2.56 bits per heavy atom. The lowest BCUT2D eigenvalue weighted by molar-refractivity contribution is -0.136. The first-order valence-electron chi connectivity index (χ1n) is 4.19. The molecular formula is C9H7ClF3NO2. The van der Waals surface area contributed by atoms with E-state index in [-0.39, 0.29) is 17.0 Å². The summed E-state index contributed by atoms with van der Waals surface area (Å²) in [7, 11) is 0. The van der Waals surface area contributed by atoms with Crippen molar-refractivity contribution >= 4 is 17.6 Å². The van der Waals surface area contributed by atoms with Gasteiger partial charge in [-0.1, -0.05) is 0 Å². The molecule has 1 aromatic rings. The first-order valence-corrected chi connectivity index (χ1v) is 4.72. The number of pyridine rings is 1. The summed E-state index contributed by atoms with van der Waals surface area (Å²) in [5, 5.41) is 8.52. The lowest BCUT2D eigenvalue weighted by Crippen LogP contribution is -2.10. The molecule has 0 fully saturated rings. The Labute approximate surface area is 93.9 Å². The molecule has 0 unspecified atom stereocenters. The van der Waals surface area contributed by atoms with Gasteiger partial charge in [0.15, 0.2) is 0 Å². The summed E-state index contributed by atoms with van der Waals surface area (Å²) in [5.41, 5.74) is -1.13. The van der Waals surface area contributed by atoms with Crippen molar-refractivity contribution in [2.24, 2.45) is 0 Å². The van der Waals surface area contributed by atoms with Crippen LogP contribution in [0.1, 0.15) is 23.1 Å². The van der Waals surface area contributed by atoms with Crippen LogP contribution in [0.25, 0.3) is 0 Å². The summed E-state index contributed by atoms with van der Waals surface area (Å²) < 4.78 is 38.2. The highest BCUT2D eigenvalue weighted by atomic mass is 35.5. The molecule has 0 spiro atoms. The zero-order chi connectivity index (χ0) is 12.3. The first kappa shape index (κ1) is 12.8. The van der Waals surface area contributed by atoms with Crippen LogP contribution in [0.15, 0.2) is 6.20 Å². The van der Waals surface area contributed by atoms with Gasteiger partial charge < -0.3 is 5.11 Å². The third-order valence-electron chi connectivity index (χ3n) is 1.98. The third kappa shape index (κ3) is 2.63. The van der Waals surface area contributed by atoms with Crippen molar-refractivity contribution in [3.63, 3.8) is 0 Å². The quantitative estimate of drug-likeness (QED) is 0.663. The van der Waals surface area contributed by atoms with Crippen molar-refractivity contribution in [3.8, 4) is 0 Å². The number of carboxylic acid groups (broad SMARTS) is 1. The Morgan fingerprint density at radius 1 is 1.50 bits per heavy atom. The number of hydrogen-bond donors (Lipinski definition) is 1. The Balaban J connectivity index is 3.32. The van der Waals surface area contributed by atoms with Gasteiger partial charge in [-0.15, -0.1) is 11.6 Å². The average Bonchev–Trinajstić information content (AvgIpc) is 2.19. The predicted octanol–water partition coefficient (Wildman–Crippen LogP) is 2.52. The van der Waals surface area contributed by atoms with E-state index in [0.29, 0.717) is 6.20 Å². The van der Waals surface area contributed by atoms with Gasteiger partial charge in [-0.25, -0.2) is 13.8 Å². The maximum Gasteiger partial charge on any atom is 0.308 e. The Bertz CT molecular complexity index is 412. The molecule has 3 nitrogen and oxygen atoms in total. The number of carboxylic acids is 1. The Morgan fingerprint density at radius 2 is 2.12 bits per heavy atom. The van der Waals surface area contributed by atoms with E-state index < -0.39 is 30.3 Å². The van der Waals surface area contributed by atoms with Crippen LogP contribution in [0.5, 0.6) is 0 Å². The van der Waals surface area contributed by atoms with Crippen molar-refractivity contribution in [1.82, 2.24) is 4.98 Å². The van der Waals surface area contributed by atoms with Crippen LogP contribution in [0, 0.1) is 5.95 Å². The fourth-order valence-electron chi connectivity index (χ4n) is 1.26. The van der Waals surface area contributed by atoms with E-state index in [1.54, 1.807) is 0 Å². The Kier molecular flexibility index (Phi) is 4.12. The molecule has 0 radical (unpaired) electrons. The van der Waals surface area contributed by atoms with Gasteiger partial charge in [0, 0.05) is 23.2 Å². The zero-order valence-electron chi connectivity index (χ0n) is 7.88. The highest BCUT2D eigenvalue weighted by Crippen LogP contribution is 2.27. The fraction of sp³-hybridized carbons (Fsp3) is 0.333. The maximum atomic E-state index is 13.2. The van der Waals surface area contributed by atoms with Crippen LogP contribution in [0.4, 0.5) is 13.2 Å². The van der Waals surface area contributed by atoms with Crippen LogP contribution in [-0.4, -0.2) is 16.1 Å². The molecule has 0 saturated heterocycles. The van der Waals surface area contributed by atoms with E-state index >= 15 is 0 Å². The maximum absolute atomic E-state index is 13.2. The number of halogens is 4. The van der Waals surface area contributed by atoms with Crippen LogP contribution in [0.2, 0.25) is 0 Å². The average molecular weight is 254 g/mol. The molecule has 1 N–H and O–H groups in total. The molecule has 16 heavy (non-hydrogen) atoms. The molecule has 0 bridgehead atoms.